The van der Waals surface area contributed by atoms with E-state index in [-0.39, 0.29) is 17.6 Å². The number of rotatable bonds is 3. The first kappa shape index (κ1) is 14.8. The van der Waals surface area contributed by atoms with Gasteiger partial charge in [0.25, 0.3) is 5.91 Å². The Hall–Kier alpha value is -1.58. The van der Waals surface area contributed by atoms with Crippen LogP contribution in [-0.2, 0) is 0 Å². The molecule has 2 rings (SSSR count). The van der Waals surface area contributed by atoms with Gasteiger partial charge < -0.3 is 11.1 Å². The van der Waals surface area contributed by atoms with Crippen LogP contribution in [0, 0.1) is 17.7 Å². The van der Waals surface area contributed by atoms with Crippen LogP contribution in [0.1, 0.15) is 49.9 Å². The van der Waals surface area contributed by atoms with Gasteiger partial charge in [-0.25, -0.2) is 4.39 Å². The number of carbonyl (C=O) groups is 1. The zero-order valence-electron chi connectivity index (χ0n) is 12.2. The highest BCUT2D eigenvalue weighted by atomic mass is 19.1. The summed E-state index contributed by atoms with van der Waals surface area (Å²) in [6.07, 6.45) is 4.51. The van der Waals surface area contributed by atoms with Crippen molar-refractivity contribution in [1.82, 2.24) is 5.32 Å². The molecule has 1 saturated carbocycles. The Balaban J connectivity index is 2.09. The Morgan fingerprint density at radius 3 is 2.65 bits per heavy atom. The Kier molecular flexibility index (Phi) is 4.63. The van der Waals surface area contributed by atoms with Crippen molar-refractivity contribution in [3.63, 3.8) is 0 Å². The summed E-state index contributed by atoms with van der Waals surface area (Å²) in [4.78, 5) is 12.3. The molecule has 0 heterocycles. The maximum atomic E-state index is 13.3. The molecule has 0 aliphatic heterocycles. The van der Waals surface area contributed by atoms with Gasteiger partial charge in [0.2, 0.25) is 0 Å². The highest BCUT2D eigenvalue weighted by Gasteiger charge is 2.28. The average Bonchev–Trinajstić information content (AvgIpc) is 2.37. The van der Waals surface area contributed by atoms with Gasteiger partial charge in [-0.05, 0) is 42.9 Å². The maximum Gasteiger partial charge on any atom is 0.251 e. The fraction of sp³-hybridized carbons (Fsp3) is 0.562. The van der Waals surface area contributed by atoms with Gasteiger partial charge in [0, 0.05) is 17.3 Å². The van der Waals surface area contributed by atoms with Crippen LogP contribution in [0.5, 0.6) is 0 Å². The molecule has 110 valence electrons. The first-order valence-corrected chi connectivity index (χ1v) is 7.34. The minimum absolute atomic E-state index is 0.181. The smallest absolute Gasteiger partial charge is 0.251 e. The zero-order chi connectivity index (χ0) is 14.7. The molecule has 2 unspecified atom stereocenters. The van der Waals surface area contributed by atoms with Crippen molar-refractivity contribution in [2.24, 2.45) is 11.8 Å². The number of hydrogen-bond donors (Lipinski definition) is 2. The number of amides is 1. The van der Waals surface area contributed by atoms with E-state index in [2.05, 4.69) is 19.2 Å². The van der Waals surface area contributed by atoms with Crippen molar-refractivity contribution in [1.29, 1.82) is 0 Å². The topological polar surface area (TPSA) is 55.1 Å². The molecule has 1 amide bonds. The lowest BCUT2D eigenvalue weighted by Gasteiger charge is -2.34. The lowest BCUT2D eigenvalue weighted by Crippen LogP contribution is -2.44. The van der Waals surface area contributed by atoms with E-state index in [1.807, 2.05) is 0 Å². The second-order valence-electron chi connectivity index (χ2n) is 6.05. The van der Waals surface area contributed by atoms with E-state index in [0.717, 1.165) is 19.3 Å². The fourth-order valence-corrected chi connectivity index (χ4v) is 3.13. The van der Waals surface area contributed by atoms with Crippen LogP contribution >= 0.6 is 0 Å². The number of benzene rings is 1. The minimum Gasteiger partial charge on any atom is -0.399 e. The van der Waals surface area contributed by atoms with Crippen LogP contribution in [0.25, 0.3) is 0 Å². The first-order chi connectivity index (χ1) is 9.47. The molecule has 0 aromatic heterocycles. The second kappa shape index (κ2) is 6.25. The number of hydrogen-bond acceptors (Lipinski definition) is 2. The summed E-state index contributed by atoms with van der Waals surface area (Å²) < 4.78 is 13.3. The van der Waals surface area contributed by atoms with Gasteiger partial charge >= 0.3 is 0 Å². The Bertz CT molecular complexity index is 467. The Morgan fingerprint density at radius 1 is 1.30 bits per heavy atom. The third-order valence-corrected chi connectivity index (χ3v) is 4.17. The second-order valence-corrected chi connectivity index (χ2v) is 6.05. The number of nitrogens with one attached hydrogen (secondary N) is 1. The molecule has 1 aromatic carbocycles. The molecule has 2 atom stereocenters. The average molecular weight is 278 g/mol. The molecule has 1 aliphatic rings. The van der Waals surface area contributed by atoms with Crippen molar-refractivity contribution in [3.8, 4) is 0 Å². The van der Waals surface area contributed by atoms with Crippen molar-refractivity contribution in [3.05, 3.63) is 29.6 Å². The van der Waals surface area contributed by atoms with Crippen molar-refractivity contribution >= 4 is 11.6 Å². The van der Waals surface area contributed by atoms with Gasteiger partial charge in [-0.3, -0.25) is 4.79 Å². The predicted octanol–water partition coefficient (Wildman–Crippen LogP) is 3.35. The van der Waals surface area contributed by atoms with Gasteiger partial charge in [-0.2, -0.15) is 0 Å². The van der Waals surface area contributed by atoms with Crippen LogP contribution < -0.4 is 11.1 Å². The Morgan fingerprint density at radius 2 is 2.00 bits per heavy atom. The van der Waals surface area contributed by atoms with Crippen LogP contribution in [0.3, 0.4) is 0 Å². The monoisotopic (exact) mass is 278 g/mol. The molecule has 0 radical (unpaired) electrons. The summed E-state index contributed by atoms with van der Waals surface area (Å²) in [6.45, 7) is 4.38. The fourth-order valence-electron chi connectivity index (χ4n) is 3.13. The summed E-state index contributed by atoms with van der Waals surface area (Å²) in [5, 5.41) is 3.06. The first-order valence-electron chi connectivity index (χ1n) is 7.34. The third-order valence-electron chi connectivity index (χ3n) is 4.17. The van der Waals surface area contributed by atoms with Gasteiger partial charge in [0.05, 0.1) is 0 Å². The van der Waals surface area contributed by atoms with E-state index in [0.29, 0.717) is 17.4 Å². The predicted molar refractivity (Wildman–Crippen MR) is 78.9 cm³/mol. The van der Waals surface area contributed by atoms with Gasteiger partial charge in [-0.1, -0.05) is 26.7 Å². The maximum absolute atomic E-state index is 13.3. The van der Waals surface area contributed by atoms with E-state index in [4.69, 9.17) is 5.73 Å². The summed E-state index contributed by atoms with van der Waals surface area (Å²) in [6, 6.07) is 4.15. The van der Waals surface area contributed by atoms with Crippen LogP contribution in [0.2, 0.25) is 0 Å². The van der Waals surface area contributed by atoms with Crippen molar-refractivity contribution in [2.75, 3.05) is 5.73 Å². The van der Waals surface area contributed by atoms with Gasteiger partial charge in [0.15, 0.2) is 0 Å². The molecule has 3 nitrogen and oxygen atoms in total. The zero-order valence-corrected chi connectivity index (χ0v) is 12.2. The SMILES string of the molecule is CC(C)C1CCCCC1NC(=O)c1cc(N)cc(F)c1. The van der Waals surface area contributed by atoms with E-state index >= 15 is 0 Å². The van der Waals surface area contributed by atoms with Gasteiger partial charge in [0.1, 0.15) is 5.82 Å². The van der Waals surface area contributed by atoms with Crippen molar-refractivity contribution < 1.29 is 9.18 Å². The molecular weight excluding hydrogens is 255 g/mol. The summed E-state index contributed by atoms with van der Waals surface area (Å²) in [5.74, 6) is 0.338. The number of nitrogens with two attached hydrogens (primary N) is 1. The molecular formula is C16H23FN2O. The molecule has 4 heteroatoms. The summed E-state index contributed by atoms with van der Waals surface area (Å²) in [5.41, 5.74) is 6.16. The van der Waals surface area contributed by atoms with E-state index in [1.54, 1.807) is 0 Å². The standard InChI is InChI=1S/C16H23FN2O/c1-10(2)14-5-3-4-6-15(14)19-16(20)11-7-12(17)9-13(18)8-11/h7-10,14-15H,3-6,18H2,1-2H3,(H,19,20). The summed E-state index contributed by atoms with van der Waals surface area (Å²) in [7, 11) is 0. The minimum atomic E-state index is -0.473. The van der Waals surface area contributed by atoms with Gasteiger partial charge in [-0.15, -0.1) is 0 Å². The van der Waals surface area contributed by atoms with Crippen LogP contribution in [0.15, 0.2) is 18.2 Å². The molecule has 1 fully saturated rings. The molecule has 0 spiro atoms. The molecule has 20 heavy (non-hydrogen) atoms. The van der Waals surface area contributed by atoms with E-state index in [1.165, 1.54) is 24.6 Å². The van der Waals surface area contributed by atoms with E-state index in [9.17, 15) is 9.18 Å². The third kappa shape index (κ3) is 3.50. The number of carbonyl (C=O) groups excluding carboxylic acids is 1. The largest absolute Gasteiger partial charge is 0.399 e. The molecule has 1 aromatic rings. The van der Waals surface area contributed by atoms with Crippen LogP contribution in [-0.4, -0.2) is 11.9 Å². The van der Waals surface area contributed by atoms with Crippen LogP contribution in [0.4, 0.5) is 10.1 Å². The molecule has 0 saturated heterocycles. The number of halogens is 1. The number of anilines is 1. The normalized spacial score (nSPS) is 22.8. The summed E-state index contributed by atoms with van der Waals surface area (Å²) >= 11 is 0. The highest BCUT2D eigenvalue weighted by Crippen LogP contribution is 2.30. The molecule has 1 aliphatic carbocycles. The lowest BCUT2D eigenvalue weighted by molar-refractivity contribution is 0.0888. The quantitative estimate of drug-likeness (QED) is 0.833. The number of nitrogen functional groups attached to an aromatic ring is 1. The molecule has 0 bridgehead atoms. The van der Waals surface area contributed by atoms with E-state index < -0.39 is 5.82 Å². The molecule has 3 N–H and O–H groups in total. The lowest BCUT2D eigenvalue weighted by atomic mass is 9.78. The highest BCUT2D eigenvalue weighted by molar-refractivity contribution is 5.95. The Labute approximate surface area is 119 Å². The van der Waals surface area contributed by atoms with Crippen molar-refractivity contribution in [2.45, 2.75) is 45.6 Å².